The van der Waals surface area contributed by atoms with Crippen molar-refractivity contribution in [1.82, 2.24) is 5.32 Å². The maximum absolute atomic E-state index is 3.55. The zero-order valence-electron chi connectivity index (χ0n) is 9.30. The van der Waals surface area contributed by atoms with Crippen LogP contribution in [0, 0.1) is 5.92 Å². The Hall–Kier alpha value is 0.310. The fourth-order valence-corrected chi connectivity index (χ4v) is 4.43. The predicted molar refractivity (Wildman–Crippen MR) is 64.9 cm³/mol. The van der Waals surface area contributed by atoms with Crippen LogP contribution in [0.1, 0.15) is 44.9 Å². The summed E-state index contributed by atoms with van der Waals surface area (Å²) in [6.45, 7) is 0. The van der Waals surface area contributed by atoms with E-state index in [0.29, 0.717) is 0 Å². The minimum atomic E-state index is 0.797. The third-order valence-corrected chi connectivity index (χ3v) is 5.36. The maximum atomic E-state index is 3.55. The van der Waals surface area contributed by atoms with Crippen molar-refractivity contribution in [1.29, 1.82) is 0 Å². The fourth-order valence-electron chi connectivity index (χ4n) is 2.98. The Morgan fingerprint density at radius 3 is 2.57 bits per heavy atom. The number of thioether (sulfide) groups is 1. The molecule has 1 saturated heterocycles. The molecule has 0 aromatic carbocycles. The van der Waals surface area contributed by atoms with Gasteiger partial charge in [0.05, 0.1) is 0 Å². The molecule has 1 N–H and O–H groups in total. The molecule has 1 aliphatic heterocycles. The van der Waals surface area contributed by atoms with Crippen LogP contribution in [0.5, 0.6) is 0 Å². The van der Waals surface area contributed by atoms with E-state index < -0.39 is 0 Å². The third-order valence-electron chi connectivity index (χ3n) is 3.85. The lowest BCUT2D eigenvalue weighted by Gasteiger charge is -2.25. The van der Waals surface area contributed by atoms with Crippen LogP contribution >= 0.6 is 11.8 Å². The van der Waals surface area contributed by atoms with Crippen molar-refractivity contribution in [3.63, 3.8) is 0 Å². The molecule has 0 spiro atoms. The Balaban J connectivity index is 1.79. The highest BCUT2D eigenvalue weighted by atomic mass is 32.2. The summed E-state index contributed by atoms with van der Waals surface area (Å²) in [5, 5.41) is 4.47. The molecule has 0 bridgehead atoms. The zero-order chi connectivity index (χ0) is 9.80. The van der Waals surface area contributed by atoms with E-state index in [0.717, 1.165) is 17.2 Å². The summed E-state index contributed by atoms with van der Waals surface area (Å²) in [6.07, 6.45) is 10.3. The smallest absolute Gasteiger partial charge is 0.0201 e. The molecule has 1 saturated carbocycles. The number of rotatable bonds is 4. The second-order valence-corrected chi connectivity index (χ2v) is 6.18. The molecule has 2 heteroatoms. The van der Waals surface area contributed by atoms with E-state index in [1.54, 1.807) is 0 Å². The van der Waals surface area contributed by atoms with Gasteiger partial charge in [0.25, 0.3) is 0 Å². The standard InChI is InChI=1S/C12H23NS/c1-13-11(12-7-4-8-14-12)9-10-5-2-3-6-10/h10-13H,2-9H2,1H3. The van der Waals surface area contributed by atoms with Crippen molar-refractivity contribution in [2.45, 2.75) is 56.2 Å². The van der Waals surface area contributed by atoms with Crippen LogP contribution in [0.4, 0.5) is 0 Å². The van der Waals surface area contributed by atoms with Gasteiger partial charge in [-0.1, -0.05) is 25.7 Å². The van der Waals surface area contributed by atoms with Gasteiger partial charge in [0.15, 0.2) is 0 Å². The Labute approximate surface area is 92.4 Å². The lowest BCUT2D eigenvalue weighted by Crippen LogP contribution is -2.36. The van der Waals surface area contributed by atoms with Crippen molar-refractivity contribution in [2.24, 2.45) is 5.92 Å². The van der Waals surface area contributed by atoms with Gasteiger partial charge in [0, 0.05) is 11.3 Å². The van der Waals surface area contributed by atoms with Crippen molar-refractivity contribution < 1.29 is 0 Å². The van der Waals surface area contributed by atoms with Gasteiger partial charge in [-0.3, -0.25) is 0 Å². The molecule has 0 aromatic heterocycles. The SMILES string of the molecule is CNC(CC1CCCC1)C1CCCS1. The summed E-state index contributed by atoms with van der Waals surface area (Å²) < 4.78 is 0. The van der Waals surface area contributed by atoms with Crippen LogP contribution in [0.25, 0.3) is 0 Å². The van der Waals surface area contributed by atoms with E-state index in [1.165, 1.54) is 50.7 Å². The highest BCUT2D eigenvalue weighted by molar-refractivity contribution is 8.00. The van der Waals surface area contributed by atoms with Gasteiger partial charge >= 0.3 is 0 Å². The molecule has 0 amide bonds. The van der Waals surface area contributed by atoms with Crippen LogP contribution in [0.15, 0.2) is 0 Å². The third kappa shape index (κ3) is 2.66. The topological polar surface area (TPSA) is 12.0 Å². The Morgan fingerprint density at radius 2 is 2.00 bits per heavy atom. The first-order chi connectivity index (χ1) is 6.90. The van der Waals surface area contributed by atoms with Crippen molar-refractivity contribution >= 4 is 11.8 Å². The number of nitrogens with one attached hydrogen (secondary N) is 1. The predicted octanol–water partition coefficient (Wildman–Crippen LogP) is 3.05. The molecule has 1 nitrogen and oxygen atoms in total. The van der Waals surface area contributed by atoms with Gasteiger partial charge in [-0.25, -0.2) is 0 Å². The molecule has 2 rings (SSSR count). The minimum Gasteiger partial charge on any atom is -0.316 e. The van der Waals surface area contributed by atoms with Gasteiger partial charge in [0.2, 0.25) is 0 Å². The fraction of sp³-hybridized carbons (Fsp3) is 1.00. The number of hydrogen-bond acceptors (Lipinski definition) is 2. The molecule has 2 fully saturated rings. The minimum absolute atomic E-state index is 0.797. The monoisotopic (exact) mass is 213 g/mol. The van der Waals surface area contributed by atoms with Gasteiger partial charge in [-0.15, -0.1) is 0 Å². The lowest BCUT2D eigenvalue weighted by atomic mass is 9.95. The van der Waals surface area contributed by atoms with Gasteiger partial charge in [-0.05, 0) is 38.0 Å². The Bertz CT molecular complexity index is 160. The van der Waals surface area contributed by atoms with E-state index in [-0.39, 0.29) is 0 Å². The molecular weight excluding hydrogens is 190 g/mol. The van der Waals surface area contributed by atoms with Crippen molar-refractivity contribution in [2.75, 3.05) is 12.8 Å². The normalized spacial score (nSPS) is 31.1. The summed E-state index contributed by atoms with van der Waals surface area (Å²) in [5.41, 5.74) is 0. The highest BCUT2D eigenvalue weighted by Gasteiger charge is 2.27. The average molecular weight is 213 g/mol. The quantitative estimate of drug-likeness (QED) is 0.770. The van der Waals surface area contributed by atoms with Crippen molar-refractivity contribution in [3.05, 3.63) is 0 Å². The van der Waals surface area contributed by atoms with E-state index in [2.05, 4.69) is 24.1 Å². The molecule has 0 radical (unpaired) electrons. The van der Waals surface area contributed by atoms with Crippen molar-refractivity contribution in [3.8, 4) is 0 Å². The van der Waals surface area contributed by atoms with E-state index in [4.69, 9.17) is 0 Å². The summed E-state index contributed by atoms with van der Waals surface area (Å²) in [5.74, 6) is 2.43. The summed E-state index contributed by atoms with van der Waals surface area (Å²) in [4.78, 5) is 0. The summed E-state index contributed by atoms with van der Waals surface area (Å²) in [7, 11) is 2.15. The van der Waals surface area contributed by atoms with Gasteiger partial charge in [0.1, 0.15) is 0 Å². The first kappa shape index (κ1) is 10.8. The molecule has 1 heterocycles. The first-order valence-electron chi connectivity index (χ1n) is 6.19. The van der Waals surface area contributed by atoms with E-state index in [9.17, 15) is 0 Å². The molecule has 1 aliphatic carbocycles. The van der Waals surface area contributed by atoms with E-state index >= 15 is 0 Å². The molecule has 2 atom stereocenters. The Kier molecular flexibility index (Phi) is 4.18. The van der Waals surface area contributed by atoms with Crippen LogP contribution < -0.4 is 5.32 Å². The van der Waals surface area contributed by atoms with Crippen LogP contribution in [0.3, 0.4) is 0 Å². The lowest BCUT2D eigenvalue weighted by molar-refractivity contribution is 0.392. The van der Waals surface area contributed by atoms with E-state index in [1.807, 2.05) is 0 Å². The largest absolute Gasteiger partial charge is 0.316 e. The van der Waals surface area contributed by atoms with Gasteiger partial charge in [-0.2, -0.15) is 11.8 Å². The number of hydrogen-bond donors (Lipinski definition) is 1. The summed E-state index contributed by atoms with van der Waals surface area (Å²) >= 11 is 2.20. The second-order valence-electron chi connectivity index (χ2n) is 4.83. The summed E-state index contributed by atoms with van der Waals surface area (Å²) in [6, 6.07) is 0.797. The highest BCUT2D eigenvalue weighted by Crippen LogP contribution is 2.35. The molecule has 82 valence electrons. The maximum Gasteiger partial charge on any atom is 0.0201 e. The van der Waals surface area contributed by atoms with Gasteiger partial charge < -0.3 is 5.32 Å². The Morgan fingerprint density at radius 1 is 1.21 bits per heavy atom. The molecule has 2 aliphatic rings. The molecular formula is C12H23NS. The average Bonchev–Trinajstić information content (AvgIpc) is 2.86. The van der Waals surface area contributed by atoms with Crippen LogP contribution in [0.2, 0.25) is 0 Å². The second kappa shape index (κ2) is 5.41. The molecule has 2 unspecified atom stereocenters. The van der Waals surface area contributed by atoms with Crippen LogP contribution in [-0.2, 0) is 0 Å². The zero-order valence-corrected chi connectivity index (χ0v) is 10.1. The molecule has 0 aromatic rings. The first-order valence-corrected chi connectivity index (χ1v) is 7.24. The molecule has 14 heavy (non-hydrogen) atoms. The van der Waals surface area contributed by atoms with Crippen LogP contribution in [-0.4, -0.2) is 24.1 Å².